The molecule has 0 bridgehead atoms. The molecule has 1 fully saturated rings. The van der Waals surface area contributed by atoms with Gasteiger partial charge in [0.25, 0.3) is 0 Å². The number of nitrogens with zero attached hydrogens (tertiary/aromatic N) is 2. The lowest BCUT2D eigenvalue weighted by molar-refractivity contribution is 0.176. The molecule has 0 aliphatic carbocycles. The number of nitrogens with one attached hydrogen (secondary N) is 1. The SMILES string of the molecule is O=C1N[C@@H](c2ncccn2)CO1. The van der Waals surface area contributed by atoms with Crippen LogP contribution in [0, 0.1) is 0 Å². The summed E-state index contributed by atoms with van der Waals surface area (Å²) < 4.78 is 4.69. The first-order chi connectivity index (χ1) is 5.86. The Bertz CT molecular complexity index is 288. The van der Waals surface area contributed by atoms with Crippen molar-refractivity contribution in [3.05, 3.63) is 24.3 Å². The summed E-state index contributed by atoms with van der Waals surface area (Å²) in [4.78, 5) is 18.6. The minimum absolute atomic E-state index is 0.196. The highest BCUT2D eigenvalue weighted by atomic mass is 16.6. The fraction of sp³-hybridized carbons (Fsp3) is 0.286. The molecule has 0 radical (unpaired) electrons. The third-order valence-corrected chi connectivity index (χ3v) is 1.57. The molecule has 1 aliphatic heterocycles. The van der Waals surface area contributed by atoms with Gasteiger partial charge in [-0.15, -0.1) is 0 Å². The average molecular weight is 165 g/mol. The summed E-state index contributed by atoms with van der Waals surface area (Å²) in [6.45, 7) is 0.308. The number of hydrogen-bond donors (Lipinski definition) is 1. The third-order valence-electron chi connectivity index (χ3n) is 1.57. The molecule has 0 spiro atoms. The summed E-state index contributed by atoms with van der Waals surface area (Å²) in [5.74, 6) is 0.586. The molecule has 1 N–H and O–H groups in total. The second-order valence-electron chi connectivity index (χ2n) is 2.40. The largest absolute Gasteiger partial charge is 0.447 e. The smallest absolute Gasteiger partial charge is 0.407 e. The zero-order valence-corrected chi connectivity index (χ0v) is 6.23. The van der Waals surface area contributed by atoms with Crippen LogP contribution >= 0.6 is 0 Å². The van der Waals surface area contributed by atoms with Crippen molar-refractivity contribution in [1.29, 1.82) is 0 Å². The quantitative estimate of drug-likeness (QED) is 0.648. The highest BCUT2D eigenvalue weighted by molar-refractivity contribution is 5.69. The number of amides is 1. The van der Waals surface area contributed by atoms with Gasteiger partial charge in [0.05, 0.1) is 0 Å². The Labute approximate surface area is 68.8 Å². The highest BCUT2D eigenvalue weighted by Crippen LogP contribution is 2.12. The van der Waals surface area contributed by atoms with E-state index in [4.69, 9.17) is 0 Å². The summed E-state index contributed by atoms with van der Waals surface area (Å²) in [5.41, 5.74) is 0. The highest BCUT2D eigenvalue weighted by Gasteiger charge is 2.25. The first kappa shape index (κ1) is 7.02. The minimum atomic E-state index is -0.410. The van der Waals surface area contributed by atoms with Gasteiger partial charge in [0.1, 0.15) is 12.6 Å². The molecule has 0 unspecified atom stereocenters. The second kappa shape index (κ2) is 2.77. The van der Waals surface area contributed by atoms with E-state index in [9.17, 15) is 4.79 Å². The number of carbonyl (C=O) groups excluding carboxylic acids is 1. The van der Waals surface area contributed by atoms with Crippen LogP contribution in [0.4, 0.5) is 4.79 Å². The number of alkyl carbamates (subject to hydrolysis) is 1. The number of ether oxygens (including phenoxy) is 1. The zero-order chi connectivity index (χ0) is 8.39. The van der Waals surface area contributed by atoms with Gasteiger partial charge in [0.2, 0.25) is 0 Å². The molecule has 0 aromatic carbocycles. The average Bonchev–Trinajstić information content (AvgIpc) is 2.54. The van der Waals surface area contributed by atoms with E-state index < -0.39 is 6.09 Å². The Morgan fingerprint density at radius 2 is 2.25 bits per heavy atom. The van der Waals surface area contributed by atoms with Crippen molar-refractivity contribution in [2.45, 2.75) is 6.04 Å². The van der Waals surface area contributed by atoms with E-state index in [1.54, 1.807) is 18.5 Å². The van der Waals surface area contributed by atoms with E-state index in [1.807, 2.05) is 0 Å². The lowest BCUT2D eigenvalue weighted by Crippen LogP contribution is -2.20. The first-order valence-electron chi connectivity index (χ1n) is 3.56. The van der Waals surface area contributed by atoms with E-state index in [0.717, 1.165) is 0 Å². The molecule has 0 saturated carbocycles. The van der Waals surface area contributed by atoms with Gasteiger partial charge in [-0.25, -0.2) is 14.8 Å². The van der Waals surface area contributed by atoms with Crippen LogP contribution in [0.25, 0.3) is 0 Å². The summed E-state index contributed by atoms with van der Waals surface area (Å²) in [6.07, 6.45) is 2.85. The molecule has 1 aromatic heterocycles. The summed E-state index contributed by atoms with van der Waals surface area (Å²) >= 11 is 0. The molecule has 62 valence electrons. The van der Waals surface area contributed by atoms with Crippen LogP contribution in [-0.2, 0) is 4.74 Å². The molecule has 1 atom stereocenters. The summed E-state index contributed by atoms with van der Waals surface area (Å²) in [7, 11) is 0. The van der Waals surface area contributed by atoms with E-state index >= 15 is 0 Å². The van der Waals surface area contributed by atoms with Gasteiger partial charge in [-0.05, 0) is 6.07 Å². The van der Waals surface area contributed by atoms with Crippen LogP contribution in [0.3, 0.4) is 0 Å². The molecule has 1 saturated heterocycles. The van der Waals surface area contributed by atoms with Gasteiger partial charge < -0.3 is 10.1 Å². The molecule has 2 rings (SSSR count). The minimum Gasteiger partial charge on any atom is -0.447 e. The Balaban J connectivity index is 2.16. The van der Waals surface area contributed by atoms with Gasteiger partial charge in [0, 0.05) is 12.4 Å². The predicted molar refractivity (Wildman–Crippen MR) is 39.3 cm³/mol. The molecular weight excluding hydrogens is 158 g/mol. The third kappa shape index (κ3) is 1.20. The van der Waals surface area contributed by atoms with Crippen LogP contribution in [-0.4, -0.2) is 22.7 Å². The molecule has 12 heavy (non-hydrogen) atoms. The molecule has 1 aromatic rings. The van der Waals surface area contributed by atoms with Crippen molar-refractivity contribution in [3.8, 4) is 0 Å². The van der Waals surface area contributed by atoms with E-state index in [2.05, 4.69) is 20.0 Å². The predicted octanol–water partition coefficient (Wildman–Crippen LogP) is 0.258. The zero-order valence-electron chi connectivity index (χ0n) is 6.23. The van der Waals surface area contributed by atoms with Crippen molar-refractivity contribution in [3.63, 3.8) is 0 Å². The topological polar surface area (TPSA) is 64.1 Å². The van der Waals surface area contributed by atoms with Crippen molar-refractivity contribution in [2.24, 2.45) is 0 Å². The van der Waals surface area contributed by atoms with Gasteiger partial charge in [-0.3, -0.25) is 0 Å². The number of cyclic esters (lactones) is 1. The van der Waals surface area contributed by atoms with Crippen molar-refractivity contribution < 1.29 is 9.53 Å². The van der Waals surface area contributed by atoms with Crippen molar-refractivity contribution >= 4 is 6.09 Å². The standard InChI is InChI=1S/C7H7N3O2/c11-7-10-5(4-12-7)6-8-2-1-3-9-6/h1-3,5H,4H2,(H,10,11)/t5-/m1/s1. The van der Waals surface area contributed by atoms with E-state index in [0.29, 0.717) is 12.4 Å². The number of rotatable bonds is 1. The lowest BCUT2D eigenvalue weighted by atomic mass is 10.3. The molecule has 5 nitrogen and oxygen atoms in total. The number of carbonyl (C=O) groups is 1. The molecule has 1 aliphatic rings. The van der Waals surface area contributed by atoms with Crippen LogP contribution in [0.15, 0.2) is 18.5 Å². The van der Waals surface area contributed by atoms with Crippen molar-refractivity contribution in [2.75, 3.05) is 6.61 Å². The fourth-order valence-electron chi connectivity index (χ4n) is 1.01. The van der Waals surface area contributed by atoms with Crippen LogP contribution < -0.4 is 5.32 Å². The monoisotopic (exact) mass is 165 g/mol. The maximum atomic E-state index is 10.6. The summed E-state index contributed by atoms with van der Waals surface area (Å²) in [6, 6.07) is 1.53. The van der Waals surface area contributed by atoms with E-state index in [1.165, 1.54) is 0 Å². The second-order valence-corrected chi connectivity index (χ2v) is 2.40. The normalized spacial score (nSPS) is 21.7. The van der Waals surface area contributed by atoms with Gasteiger partial charge >= 0.3 is 6.09 Å². The van der Waals surface area contributed by atoms with Crippen LogP contribution in [0.5, 0.6) is 0 Å². The Morgan fingerprint density at radius 1 is 1.50 bits per heavy atom. The van der Waals surface area contributed by atoms with Crippen molar-refractivity contribution in [1.82, 2.24) is 15.3 Å². The Hall–Kier alpha value is -1.65. The maximum Gasteiger partial charge on any atom is 0.407 e. The number of hydrogen-bond acceptors (Lipinski definition) is 4. The van der Waals surface area contributed by atoms with Crippen LogP contribution in [0.1, 0.15) is 11.9 Å². The fourth-order valence-corrected chi connectivity index (χ4v) is 1.01. The van der Waals surface area contributed by atoms with Gasteiger partial charge in [0.15, 0.2) is 5.82 Å². The van der Waals surface area contributed by atoms with Gasteiger partial charge in [-0.1, -0.05) is 0 Å². The maximum absolute atomic E-state index is 10.6. The summed E-state index contributed by atoms with van der Waals surface area (Å²) in [5, 5.41) is 2.58. The lowest BCUT2D eigenvalue weighted by Gasteiger charge is -2.02. The molecular formula is C7H7N3O2. The Morgan fingerprint density at radius 3 is 2.83 bits per heavy atom. The first-order valence-corrected chi connectivity index (χ1v) is 3.56. The van der Waals surface area contributed by atoms with Gasteiger partial charge in [-0.2, -0.15) is 0 Å². The van der Waals surface area contributed by atoms with E-state index in [-0.39, 0.29) is 6.04 Å². The molecule has 2 heterocycles. The number of aromatic nitrogens is 2. The van der Waals surface area contributed by atoms with Crippen LogP contribution in [0.2, 0.25) is 0 Å². The Kier molecular flexibility index (Phi) is 1.62. The molecule has 1 amide bonds. The molecule has 5 heteroatoms.